The zero-order valence-corrected chi connectivity index (χ0v) is 18.2. The smallest absolute Gasteiger partial charge is 0.412 e. The molecular formula is C22H25FN6O2. The number of anilines is 2. The van der Waals surface area contributed by atoms with Crippen LogP contribution in [0, 0.1) is 12.7 Å². The fourth-order valence-electron chi connectivity index (χ4n) is 3.67. The minimum absolute atomic E-state index is 0.0584. The van der Waals surface area contributed by atoms with Crippen LogP contribution in [0.4, 0.5) is 20.7 Å². The molecule has 0 unspecified atom stereocenters. The van der Waals surface area contributed by atoms with Crippen LogP contribution in [-0.2, 0) is 11.3 Å². The number of hydrogen-bond donors (Lipinski definition) is 2. The molecule has 2 N–H and O–H groups in total. The summed E-state index contributed by atoms with van der Waals surface area (Å²) in [6, 6.07) is 5.18. The van der Waals surface area contributed by atoms with Crippen LogP contribution in [0.1, 0.15) is 26.3 Å². The number of fused-ring (bicyclic) bond motifs is 3. The lowest BCUT2D eigenvalue weighted by molar-refractivity contribution is 0.0635. The molecule has 1 amide bonds. The molecule has 1 aromatic rings. The third-order valence-corrected chi connectivity index (χ3v) is 4.95. The first kappa shape index (κ1) is 20.8. The van der Waals surface area contributed by atoms with Crippen LogP contribution in [0.5, 0.6) is 0 Å². The average Bonchev–Trinajstić information content (AvgIpc) is 3.19. The van der Waals surface area contributed by atoms with Gasteiger partial charge in [0.05, 0.1) is 5.69 Å². The van der Waals surface area contributed by atoms with Crippen molar-refractivity contribution in [1.82, 2.24) is 14.5 Å². The van der Waals surface area contributed by atoms with E-state index in [9.17, 15) is 4.79 Å². The molecule has 0 radical (unpaired) electrons. The van der Waals surface area contributed by atoms with Gasteiger partial charge in [-0.3, -0.25) is 10.3 Å². The Labute approximate surface area is 179 Å². The average molecular weight is 424 g/mol. The first-order valence-electron chi connectivity index (χ1n) is 10.0. The van der Waals surface area contributed by atoms with Crippen LogP contribution in [0.2, 0.25) is 0 Å². The zero-order chi connectivity index (χ0) is 22.3. The van der Waals surface area contributed by atoms with Gasteiger partial charge in [-0.2, -0.15) is 4.98 Å². The highest BCUT2D eigenvalue weighted by atomic mass is 19.1. The minimum atomic E-state index is -0.707. The predicted molar refractivity (Wildman–Crippen MR) is 117 cm³/mol. The number of aromatic nitrogens is 3. The topological polar surface area (TPSA) is 93.4 Å². The number of rotatable bonds is 2. The molecule has 3 heterocycles. The molecule has 162 valence electrons. The van der Waals surface area contributed by atoms with Gasteiger partial charge in [-0.05, 0) is 45.4 Å². The zero-order valence-electron chi connectivity index (χ0n) is 18.2. The van der Waals surface area contributed by atoms with Crippen LogP contribution < -0.4 is 16.3 Å². The lowest BCUT2D eigenvalue weighted by Gasteiger charge is -2.21. The van der Waals surface area contributed by atoms with E-state index in [2.05, 4.69) is 25.6 Å². The Morgan fingerprint density at radius 3 is 2.84 bits per heavy atom. The molecule has 1 aromatic carbocycles. The third kappa shape index (κ3) is 3.95. The van der Waals surface area contributed by atoms with Crippen molar-refractivity contribution in [3.8, 4) is 22.5 Å². The van der Waals surface area contributed by atoms with Crippen molar-refractivity contribution < 1.29 is 13.9 Å². The quantitative estimate of drug-likeness (QED) is 0.653. The number of aryl methyl sites for hydroxylation is 1. The van der Waals surface area contributed by atoms with Crippen LogP contribution in [0.25, 0.3) is 22.5 Å². The summed E-state index contributed by atoms with van der Waals surface area (Å²) in [6.45, 7) is 8.49. The van der Waals surface area contributed by atoms with Crippen molar-refractivity contribution in [1.29, 1.82) is 0 Å². The Morgan fingerprint density at radius 2 is 2.13 bits per heavy atom. The molecule has 0 aliphatic carbocycles. The van der Waals surface area contributed by atoms with Gasteiger partial charge in [0.15, 0.2) is 5.82 Å². The monoisotopic (exact) mass is 424 g/mol. The Morgan fingerprint density at radius 1 is 1.35 bits per heavy atom. The van der Waals surface area contributed by atoms with E-state index in [0.717, 1.165) is 22.8 Å². The molecule has 0 spiro atoms. The number of halogens is 1. The van der Waals surface area contributed by atoms with Crippen LogP contribution in [-0.4, -0.2) is 39.8 Å². The molecular weight excluding hydrogens is 399 g/mol. The van der Waals surface area contributed by atoms with E-state index in [-0.39, 0.29) is 5.69 Å². The maximum absolute atomic E-state index is 15.6. The molecule has 0 bridgehead atoms. The summed E-state index contributed by atoms with van der Waals surface area (Å²) < 4.78 is 22.9. The van der Waals surface area contributed by atoms with E-state index >= 15 is 4.39 Å². The maximum Gasteiger partial charge on any atom is 0.412 e. The van der Waals surface area contributed by atoms with Gasteiger partial charge in [0, 0.05) is 43.0 Å². The predicted octanol–water partition coefficient (Wildman–Crippen LogP) is 3.80. The van der Waals surface area contributed by atoms with E-state index in [1.807, 2.05) is 17.6 Å². The number of ether oxygens (including phenoxy) is 1. The third-order valence-electron chi connectivity index (χ3n) is 4.95. The molecule has 31 heavy (non-hydrogen) atoms. The highest BCUT2D eigenvalue weighted by molar-refractivity contribution is 5.90. The van der Waals surface area contributed by atoms with E-state index in [1.54, 1.807) is 40.1 Å². The second kappa shape index (κ2) is 7.64. The van der Waals surface area contributed by atoms with Crippen molar-refractivity contribution in [3.05, 3.63) is 41.4 Å². The molecule has 3 aliphatic rings. The second-order valence-corrected chi connectivity index (χ2v) is 8.40. The van der Waals surface area contributed by atoms with Gasteiger partial charge in [0.2, 0.25) is 5.62 Å². The summed E-state index contributed by atoms with van der Waals surface area (Å²) in [5.74, 6) is 0.980. The van der Waals surface area contributed by atoms with Crippen molar-refractivity contribution in [3.63, 3.8) is 0 Å². The SMILES string of the molecule is CN=c1ncc2cc(-c3c(C)ccc(NC(=O)OC(C)(C)C)c3F)c3n(c-2n1)CCN3. The van der Waals surface area contributed by atoms with E-state index in [1.165, 1.54) is 6.07 Å². The van der Waals surface area contributed by atoms with Gasteiger partial charge in [0.25, 0.3) is 0 Å². The molecule has 0 saturated heterocycles. The van der Waals surface area contributed by atoms with Gasteiger partial charge in [-0.1, -0.05) is 6.07 Å². The van der Waals surface area contributed by atoms with Crippen LogP contribution >= 0.6 is 0 Å². The van der Waals surface area contributed by atoms with Crippen molar-refractivity contribution in [2.45, 2.75) is 39.8 Å². The lowest BCUT2D eigenvalue weighted by Crippen LogP contribution is -2.27. The number of amides is 1. The van der Waals surface area contributed by atoms with Gasteiger partial charge >= 0.3 is 6.09 Å². The van der Waals surface area contributed by atoms with Crippen molar-refractivity contribution >= 4 is 17.6 Å². The number of hydrogen-bond acceptors (Lipinski definition) is 6. The first-order chi connectivity index (χ1) is 14.7. The molecule has 3 aliphatic heterocycles. The number of benzene rings is 1. The summed E-state index contributed by atoms with van der Waals surface area (Å²) in [5, 5.41) is 5.86. The molecule has 0 aromatic heterocycles. The first-order valence-corrected chi connectivity index (χ1v) is 10.0. The summed E-state index contributed by atoms with van der Waals surface area (Å²) in [7, 11) is 1.64. The van der Waals surface area contributed by atoms with E-state index in [0.29, 0.717) is 29.8 Å². The number of nitrogens with one attached hydrogen (secondary N) is 2. The van der Waals surface area contributed by atoms with Crippen molar-refractivity contribution in [2.24, 2.45) is 4.99 Å². The molecule has 0 saturated carbocycles. The normalized spacial score (nSPS) is 13.8. The molecule has 8 nitrogen and oxygen atoms in total. The van der Waals surface area contributed by atoms with Crippen LogP contribution in [0.3, 0.4) is 0 Å². The largest absolute Gasteiger partial charge is 0.444 e. The summed E-state index contributed by atoms with van der Waals surface area (Å²) in [6.07, 6.45) is 0.984. The highest BCUT2D eigenvalue weighted by Crippen LogP contribution is 2.40. The minimum Gasteiger partial charge on any atom is -0.444 e. The van der Waals surface area contributed by atoms with Crippen molar-refractivity contribution in [2.75, 3.05) is 24.2 Å². The fraction of sp³-hybridized carbons (Fsp3) is 0.364. The Kier molecular flexibility index (Phi) is 5.12. The number of carbonyl (C=O) groups excluding carboxylic acids is 1. The standard InChI is InChI=1S/C22H25FN6O2/c1-12-6-7-15(27-21(30)31-22(2,3)4)17(23)16(12)14-10-13-11-26-20(24-5)28-18(13)29-9-8-25-19(14)29/h6-7,10-11,25H,8-9H2,1-5H3,(H,27,30). The Balaban J connectivity index is 1.85. The van der Waals surface area contributed by atoms with Crippen LogP contribution in [0.15, 0.2) is 29.4 Å². The Hall–Kier alpha value is -3.49. The fourth-order valence-corrected chi connectivity index (χ4v) is 3.67. The second-order valence-electron chi connectivity index (χ2n) is 8.40. The van der Waals surface area contributed by atoms with E-state index in [4.69, 9.17) is 4.74 Å². The Bertz CT molecular complexity index is 1210. The number of nitrogens with zero attached hydrogens (tertiary/aromatic N) is 4. The number of pyridine rings is 1. The molecule has 0 atom stereocenters. The summed E-state index contributed by atoms with van der Waals surface area (Å²) in [5.41, 5.74) is 2.37. The molecule has 0 fully saturated rings. The maximum atomic E-state index is 15.6. The molecule has 9 heteroatoms. The van der Waals surface area contributed by atoms with Gasteiger partial charge in [-0.25, -0.2) is 14.2 Å². The van der Waals surface area contributed by atoms with Gasteiger partial charge in [0.1, 0.15) is 17.2 Å². The number of carbonyl (C=O) groups is 1. The summed E-state index contributed by atoms with van der Waals surface area (Å²) in [4.78, 5) is 25.0. The van der Waals surface area contributed by atoms with Gasteiger partial charge < -0.3 is 14.6 Å². The summed E-state index contributed by atoms with van der Waals surface area (Å²) >= 11 is 0. The van der Waals surface area contributed by atoms with E-state index < -0.39 is 17.5 Å². The van der Waals surface area contributed by atoms with Gasteiger partial charge in [-0.15, -0.1) is 0 Å². The highest BCUT2D eigenvalue weighted by Gasteiger charge is 2.26. The lowest BCUT2D eigenvalue weighted by atomic mass is 9.97. The molecule has 4 rings (SSSR count).